The Balaban J connectivity index is 1.26. The molecular formula is C20H23N9. The van der Waals surface area contributed by atoms with Crippen molar-refractivity contribution in [2.45, 2.75) is 26.2 Å². The van der Waals surface area contributed by atoms with Crippen molar-refractivity contribution in [2.75, 3.05) is 29.9 Å². The van der Waals surface area contributed by atoms with E-state index in [-0.39, 0.29) is 5.41 Å². The van der Waals surface area contributed by atoms with Crippen LogP contribution < -0.4 is 10.2 Å². The fraction of sp³-hybridized carbons (Fsp3) is 0.400. The molecule has 9 heteroatoms. The molecular weight excluding hydrogens is 366 g/mol. The Kier molecular flexibility index (Phi) is 4.04. The molecule has 0 atom stereocenters. The lowest BCUT2D eigenvalue weighted by Crippen LogP contribution is -2.50. The zero-order valence-electron chi connectivity index (χ0n) is 16.7. The largest absolute Gasteiger partial charge is 0.369 e. The summed E-state index contributed by atoms with van der Waals surface area (Å²) in [4.78, 5) is 15.0. The summed E-state index contributed by atoms with van der Waals surface area (Å²) >= 11 is 0. The van der Waals surface area contributed by atoms with Gasteiger partial charge >= 0.3 is 0 Å². The van der Waals surface area contributed by atoms with E-state index < -0.39 is 0 Å². The third kappa shape index (κ3) is 3.22. The first kappa shape index (κ1) is 17.7. The van der Waals surface area contributed by atoms with Crippen LogP contribution in [0.25, 0.3) is 16.6 Å². The molecule has 4 aromatic heterocycles. The van der Waals surface area contributed by atoms with Gasteiger partial charge in [0.05, 0.1) is 11.7 Å². The van der Waals surface area contributed by atoms with Crippen molar-refractivity contribution in [3.05, 3.63) is 42.7 Å². The Morgan fingerprint density at radius 1 is 1.10 bits per heavy atom. The number of rotatable bonds is 4. The lowest BCUT2D eigenvalue weighted by molar-refractivity contribution is 0.423. The molecule has 148 valence electrons. The Labute approximate surface area is 168 Å². The number of aromatic nitrogens is 7. The van der Waals surface area contributed by atoms with Crippen molar-refractivity contribution in [2.24, 2.45) is 5.92 Å². The second-order valence-electron chi connectivity index (χ2n) is 8.50. The van der Waals surface area contributed by atoms with Crippen LogP contribution in [0, 0.1) is 5.92 Å². The smallest absolute Gasteiger partial charge is 0.178 e. The standard InChI is InChI=1S/C20H23N9/c1-20(2,3)19-26-25-16-4-5-17(27-29(16)19)28-10-13(11-28)8-22-18-14-6-7-21-9-15(14)23-12-24-18/h4-7,9,12-13H,8,10-11H2,1-3H3,(H,22,23,24). The Bertz CT molecular complexity index is 1170. The van der Waals surface area contributed by atoms with Gasteiger partial charge in [0.15, 0.2) is 11.5 Å². The van der Waals surface area contributed by atoms with E-state index in [4.69, 9.17) is 5.10 Å². The average Bonchev–Trinajstić information content (AvgIpc) is 3.10. The van der Waals surface area contributed by atoms with Crippen molar-refractivity contribution in [3.63, 3.8) is 0 Å². The SMILES string of the molecule is CC(C)(C)c1nnc2ccc(N3CC(CNc4ncnc5cnccc45)C3)nn12. The number of anilines is 2. The van der Waals surface area contributed by atoms with E-state index in [1.807, 2.05) is 22.7 Å². The summed E-state index contributed by atoms with van der Waals surface area (Å²) in [6.07, 6.45) is 5.09. The van der Waals surface area contributed by atoms with E-state index in [2.05, 4.69) is 56.1 Å². The molecule has 4 aromatic rings. The summed E-state index contributed by atoms with van der Waals surface area (Å²) in [5, 5.41) is 17.8. The molecule has 0 bridgehead atoms. The fourth-order valence-electron chi connectivity index (χ4n) is 3.59. The molecule has 1 aliphatic heterocycles. The number of nitrogens with one attached hydrogen (secondary N) is 1. The van der Waals surface area contributed by atoms with Gasteiger partial charge < -0.3 is 10.2 Å². The van der Waals surface area contributed by atoms with Crippen LogP contribution in [0.3, 0.4) is 0 Å². The molecule has 0 radical (unpaired) electrons. The first-order valence-electron chi connectivity index (χ1n) is 9.75. The van der Waals surface area contributed by atoms with Gasteiger partial charge in [0.1, 0.15) is 18.0 Å². The van der Waals surface area contributed by atoms with Gasteiger partial charge in [-0.3, -0.25) is 4.98 Å². The second kappa shape index (κ2) is 6.61. The van der Waals surface area contributed by atoms with E-state index >= 15 is 0 Å². The molecule has 0 aromatic carbocycles. The normalized spacial score (nSPS) is 15.1. The van der Waals surface area contributed by atoms with Crippen molar-refractivity contribution < 1.29 is 0 Å². The van der Waals surface area contributed by atoms with Crippen LogP contribution in [0.4, 0.5) is 11.6 Å². The van der Waals surface area contributed by atoms with Gasteiger partial charge in [0, 0.05) is 42.6 Å². The highest BCUT2D eigenvalue weighted by Gasteiger charge is 2.29. The number of pyridine rings is 1. The average molecular weight is 389 g/mol. The van der Waals surface area contributed by atoms with Gasteiger partial charge in [-0.15, -0.1) is 15.3 Å². The molecule has 5 rings (SSSR count). The molecule has 1 N–H and O–H groups in total. The Morgan fingerprint density at radius 2 is 1.97 bits per heavy atom. The number of nitrogens with zero attached hydrogens (tertiary/aromatic N) is 8. The van der Waals surface area contributed by atoms with Crippen LogP contribution in [-0.4, -0.2) is 54.4 Å². The maximum Gasteiger partial charge on any atom is 0.178 e. The van der Waals surface area contributed by atoms with Gasteiger partial charge in [-0.1, -0.05) is 20.8 Å². The van der Waals surface area contributed by atoms with Crippen LogP contribution in [0.5, 0.6) is 0 Å². The topological polar surface area (TPSA) is 97.0 Å². The van der Waals surface area contributed by atoms with E-state index in [9.17, 15) is 0 Å². The monoisotopic (exact) mass is 389 g/mol. The first-order valence-corrected chi connectivity index (χ1v) is 9.75. The molecule has 1 fully saturated rings. The maximum atomic E-state index is 4.79. The predicted octanol–water partition coefficient (Wildman–Crippen LogP) is 2.31. The van der Waals surface area contributed by atoms with Gasteiger partial charge in [-0.25, -0.2) is 9.97 Å². The summed E-state index contributed by atoms with van der Waals surface area (Å²) in [5.41, 5.74) is 1.52. The van der Waals surface area contributed by atoms with Crippen LogP contribution in [0.2, 0.25) is 0 Å². The minimum absolute atomic E-state index is 0.109. The highest BCUT2D eigenvalue weighted by molar-refractivity contribution is 5.87. The zero-order valence-corrected chi connectivity index (χ0v) is 16.7. The number of hydrogen-bond acceptors (Lipinski definition) is 8. The molecule has 0 aliphatic carbocycles. The summed E-state index contributed by atoms with van der Waals surface area (Å²) in [6, 6.07) is 5.94. The molecule has 0 saturated carbocycles. The Hall–Kier alpha value is -3.36. The molecule has 0 unspecified atom stereocenters. The quantitative estimate of drug-likeness (QED) is 0.568. The molecule has 1 saturated heterocycles. The van der Waals surface area contributed by atoms with E-state index in [0.717, 1.165) is 53.6 Å². The molecule has 0 spiro atoms. The first-order chi connectivity index (χ1) is 14.0. The minimum Gasteiger partial charge on any atom is -0.369 e. The molecule has 9 nitrogen and oxygen atoms in total. The summed E-state index contributed by atoms with van der Waals surface area (Å²) in [5.74, 6) is 3.22. The van der Waals surface area contributed by atoms with Crippen molar-refractivity contribution in [3.8, 4) is 0 Å². The van der Waals surface area contributed by atoms with E-state index in [1.54, 1.807) is 18.7 Å². The van der Waals surface area contributed by atoms with Crippen LogP contribution in [0.15, 0.2) is 36.9 Å². The van der Waals surface area contributed by atoms with E-state index in [1.165, 1.54) is 0 Å². The van der Waals surface area contributed by atoms with Gasteiger partial charge in [-0.2, -0.15) is 4.52 Å². The maximum absolute atomic E-state index is 4.79. The summed E-state index contributed by atoms with van der Waals surface area (Å²) in [6.45, 7) is 9.11. The fourth-order valence-corrected chi connectivity index (χ4v) is 3.59. The number of fused-ring (bicyclic) bond motifs is 2. The molecule has 1 aliphatic rings. The van der Waals surface area contributed by atoms with Crippen molar-refractivity contribution in [1.29, 1.82) is 0 Å². The lowest BCUT2D eigenvalue weighted by Gasteiger charge is -2.40. The predicted molar refractivity (Wildman–Crippen MR) is 111 cm³/mol. The van der Waals surface area contributed by atoms with Crippen LogP contribution in [-0.2, 0) is 5.41 Å². The van der Waals surface area contributed by atoms with Crippen molar-refractivity contribution in [1.82, 2.24) is 34.8 Å². The summed E-state index contributed by atoms with van der Waals surface area (Å²) in [7, 11) is 0. The van der Waals surface area contributed by atoms with Crippen molar-refractivity contribution >= 4 is 28.2 Å². The highest BCUT2D eigenvalue weighted by Crippen LogP contribution is 2.26. The van der Waals surface area contributed by atoms with Gasteiger partial charge in [0.2, 0.25) is 0 Å². The van der Waals surface area contributed by atoms with Crippen LogP contribution >= 0.6 is 0 Å². The second-order valence-corrected chi connectivity index (χ2v) is 8.50. The highest BCUT2D eigenvalue weighted by atomic mass is 15.4. The third-order valence-corrected chi connectivity index (χ3v) is 5.20. The molecule has 5 heterocycles. The zero-order chi connectivity index (χ0) is 20.0. The van der Waals surface area contributed by atoms with Gasteiger partial charge in [0.25, 0.3) is 0 Å². The molecule has 29 heavy (non-hydrogen) atoms. The molecule has 0 amide bonds. The minimum atomic E-state index is -0.109. The van der Waals surface area contributed by atoms with Crippen LogP contribution in [0.1, 0.15) is 26.6 Å². The van der Waals surface area contributed by atoms with Gasteiger partial charge in [-0.05, 0) is 18.2 Å². The van der Waals surface area contributed by atoms with E-state index in [0.29, 0.717) is 5.92 Å². The number of hydrogen-bond donors (Lipinski definition) is 1. The lowest BCUT2D eigenvalue weighted by atomic mass is 9.96. The Morgan fingerprint density at radius 3 is 2.79 bits per heavy atom. The third-order valence-electron chi connectivity index (χ3n) is 5.20. The summed E-state index contributed by atoms with van der Waals surface area (Å²) < 4.78 is 1.86.